The van der Waals surface area contributed by atoms with Gasteiger partial charge in [0.25, 0.3) is 5.56 Å². The number of fused-ring (bicyclic) bond motifs is 2. The van der Waals surface area contributed by atoms with Gasteiger partial charge in [-0.05, 0) is 65.6 Å². The third-order valence-electron chi connectivity index (χ3n) is 7.66. The molecule has 0 unspecified atom stereocenters. The topological polar surface area (TPSA) is 67.2 Å². The minimum absolute atomic E-state index is 0.125. The number of carbonyl (C=O) groups excluding carboxylic acids is 1. The van der Waals surface area contributed by atoms with E-state index in [9.17, 15) is 9.59 Å². The number of aryl methyl sites for hydroxylation is 2. The van der Waals surface area contributed by atoms with Crippen LogP contribution in [0.15, 0.2) is 120 Å². The van der Waals surface area contributed by atoms with Crippen LogP contribution in [0, 0.1) is 13.8 Å². The third kappa shape index (κ3) is 5.52. The van der Waals surface area contributed by atoms with Crippen LogP contribution in [0.3, 0.4) is 0 Å². The zero-order chi connectivity index (χ0) is 29.1. The number of hydrogen-bond acceptors (Lipinski definition) is 3. The van der Waals surface area contributed by atoms with Crippen LogP contribution in [0.4, 0.5) is 10.5 Å². The fourth-order valence-corrected chi connectivity index (χ4v) is 5.42. The molecule has 6 aromatic rings. The van der Waals surface area contributed by atoms with Crippen molar-refractivity contribution in [1.82, 2.24) is 14.5 Å². The van der Waals surface area contributed by atoms with Crippen molar-refractivity contribution in [2.45, 2.75) is 26.8 Å². The lowest BCUT2D eigenvalue weighted by Crippen LogP contribution is -2.37. The lowest BCUT2D eigenvalue weighted by Gasteiger charge is -2.25. The van der Waals surface area contributed by atoms with Crippen LogP contribution in [-0.4, -0.2) is 27.0 Å². The summed E-state index contributed by atoms with van der Waals surface area (Å²) in [6.07, 6.45) is 0.389. The highest BCUT2D eigenvalue weighted by molar-refractivity contribution is 5.91. The first-order chi connectivity index (χ1) is 20.5. The van der Waals surface area contributed by atoms with Gasteiger partial charge < -0.3 is 10.2 Å². The van der Waals surface area contributed by atoms with Gasteiger partial charge in [0, 0.05) is 25.2 Å². The van der Waals surface area contributed by atoms with Gasteiger partial charge in [-0.2, -0.15) is 0 Å². The molecule has 42 heavy (non-hydrogen) atoms. The van der Waals surface area contributed by atoms with Crippen LogP contribution in [0.1, 0.15) is 22.5 Å². The Labute approximate surface area is 244 Å². The maximum Gasteiger partial charge on any atom is 0.322 e. The van der Waals surface area contributed by atoms with Crippen molar-refractivity contribution >= 4 is 33.4 Å². The Morgan fingerprint density at radius 3 is 2.26 bits per heavy atom. The Morgan fingerprint density at radius 1 is 0.786 bits per heavy atom. The SMILES string of the molecule is Cc1cccc(C)c1NC(=O)N(CCc1nc2ccccc2c(=O)n1-c1ccc2ccccc2c1)Cc1ccccc1. The van der Waals surface area contributed by atoms with Crippen molar-refractivity contribution in [2.24, 2.45) is 0 Å². The van der Waals surface area contributed by atoms with Gasteiger partial charge in [0.05, 0.1) is 16.6 Å². The first-order valence-electron chi connectivity index (χ1n) is 14.1. The second kappa shape index (κ2) is 11.7. The molecule has 0 atom stereocenters. The van der Waals surface area contributed by atoms with Crippen LogP contribution >= 0.6 is 0 Å². The van der Waals surface area contributed by atoms with Crippen molar-refractivity contribution < 1.29 is 4.79 Å². The second-order valence-electron chi connectivity index (χ2n) is 10.6. The number of aromatic nitrogens is 2. The van der Waals surface area contributed by atoms with E-state index in [1.54, 1.807) is 9.47 Å². The lowest BCUT2D eigenvalue weighted by molar-refractivity contribution is 0.209. The quantitative estimate of drug-likeness (QED) is 0.224. The van der Waals surface area contributed by atoms with Crippen molar-refractivity contribution in [2.75, 3.05) is 11.9 Å². The number of carbonyl (C=O) groups is 1. The standard InChI is InChI=1S/C36H32N4O2/c1-25-11-10-12-26(2)34(25)38-36(42)39(24-27-13-4-3-5-14-27)22-21-33-37-32-18-9-8-17-31(32)35(41)40(33)30-20-19-28-15-6-7-16-29(28)23-30/h3-20,23H,21-22,24H2,1-2H3,(H,38,42). The van der Waals surface area contributed by atoms with E-state index in [0.29, 0.717) is 36.2 Å². The third-order valence-corrected chi connectivity index (χ3v) is 7.66. The number of amides is 2. The summed E-state index contributed by atoms with van der Waals surface area (Å²) in [5, 5.41) is 5.84. The van der Waals surface area contributed by atoms with E-state index in [1.165, 1.54) is 0 Å². The Hall–Kier alpha value is -5.23. The number of nitrogens with zero attached hydrogens (tertiary/aromatic N) is 3. The number of benzene rings is 5. The molecule has 5 aromatic carbocycles. The summed E-state index contributed by atoms with van der Waals surface area (Å²) in [6, 6.07) is 37.2. The molecule has 0 saturated carbocycles. The molecule has 0 fully saturated rings. The highest BCUT2D eigenvalue weighted by Crippen LogP contribution is 2.22. The maximum absolute atomic E-state index is 13.9. The Kier molecular flexibility index (Phi) is 7.52. The van der Waals surface area contributed by atoms with Crippen molar-refractivity contribution in [1.29, 1.82) is 0 Å². The van der Waals surface area contributed by atoms with Gasteiger partial charge in [-0.3, -0.25) is 9.36 Å². The van der Waals surface area contributed by atoms with Gasteiger partial charge in [0.1, 0.15) is 5.82 Å². The molecule has 1 aromatic heterocycles. The smallest absolute Gasteiger partial charge is 0.320 e. The number of rotatable bonds is 7. The zero-order valence-corrected chi connectivity index (χ0v) is 23.7. The summed E-state index contributed by atoms with van der Waals surface area (Å²) in [5.41, 5.74) is 5.12. The Morgan fingerprint density at radius 2 is 1.48 bits per heavy atom. The largest absolute Gasteiger partial charge is 0.322 e. The molecule has 6 rings (SSSR count). The second-order valence-corrected chi connectivity index (χ2v) is 10.6. The van der Waals surface area contributed by atoms with Crippen LogP contribution in [0.5, 0.6) is 0 Å². The van der Waals surface area contributed by atoms with Gasteiger partial charge >= 0.3 is 6.03 Å². The summed E-state index contributed by atoms with van der Waals surface area (Å²) in [7, 11) is 0. The molecular formula is C36H32N4O2. The molecule has 0 spiro atoms. The van der Waals surface area contributed by atoms with Crippen molar-refractivity contribution in [3.63, 3.8) is 0 Å². The average Bonchev–Trinajstić information content (AvgIpc) is 3.01. The minimum atomic E-state index is -0.198. The monoisotopic (exact) mass is 552 g/mol. The summed E-state index contributed by atoms with van der Waals surface area (Å²) < 4.78 is 1.69. The molecule has 1 N–H and O–H groups in total. The predicted molar refractivity (Wildman–Crippen MR) is 170 cm³/mol. The summed E-state index contributed by atoms with van der Waals surface area (Å²) in [6.45, 7) is 4.77. The molecule has 0 radical (unpaired) electrons. The molecule has 0 aliphatic carbocycles. The number of nitrogens with one attached hydrogen (secondary N) is 1. The van der Waals surface area contributed by atoms with E-state index in [-0.39, 0.29) is 11.6 Å². The molecule has 0 bridgehead atoms. The fourth-order valence-electron chi connectivity index (χ4n) is 5.42. The van der Waals surface area contributed by atoms with E-state index in [2.05, 4.69) is 11.4 Å². The van der Waals surface area contributed by atoms with Gasteiger partial charge in [0.15, 0.2) is 0 Å². The van der Waals surface area contributed by atoms with E-state index in [0.717, 1.165) is 38.8 Å². The van der Waals surface area contributed by atoms with Crippen LogP contribution in [0.25, 0.3) is 27.4 Å². The van der Waals surface area contributed by atoms with Gasteiger partial charge in [-0.1, -0.05) is 91.0 Å². The predicted octanol–water partition coefficient (Wildman–Crippen LogP) is 7.43. The molecule has 1 heterocycles. The molecule has 0 aliphatic heterocycles. The van der Waals surface area contributed by atoms with E-state index < -0.39 is 0 Å². The number of para-hydroxylation sites is 2. The zero-order valence-electron chi connectivity index (χ0n) is 23.7. The summed E-state index contributed by atoms with van der Waals surface area (Å²) in [5.74, 6) is 0.604. The van der Waals surface area contributed by atoms with Crippen molar-refractivity contribution in [3.05, 3.63) is 148 Å². The normalized spacial score (nSPS) is 11.1. The average molecular weight is 553 g/mol. The number of urea groups is 1. The molecule has 0 aliphatic rings. The number of hydrogen-bond donors (Lipinski definition) is 1. The van der Waals surface area contributed by atoms with Gasteiger partial charge in [-0.25, -0.2) is 9.78 Å². The van der Waals surface area contributed by atoms with E-state index in [1.807, 2.05) is 123 Å². The van der Waals surface area contributed by atoms with Gasteiger partial charge in [-0.15, -0.1) is 0 Å². The minimum Gasteiger partial charge on any atom is -0.320 e. The molecule has 208 valence electrons. The molecule has 0 saturated heterocycles. The first kappa shape index (κ1) is 27.0. The first-order valence-corrected chi connectivity index (χ1v) is 14.1. The van der Waals surface area contributed by atoms with Gasteiger partial charge in [0.2, 0.25) is 0 Å². The fraction of sp³-hybridized carbons (Fsp3) is 0.139. The van der Waals surface area contributed by atoms with E-state index >= 15 is 0 Å². The van der Waals surface area contributed by atoms with E-state index in [4.69, 9.17) is 4.98 Å². The van der Waals surface area contributed by atoms with Crippen LogP contribution < -0.4 is 10.9 Å². The van der Waals surface area contributed by atoms with Crippen LogP contribution in [-0.2, 0) is 13.0 Å². The molecular weight excluding hydrogens is 520 g/mol. The summed E-state index contributed by atoms with van der Waals surface area (Å²) >= 11 is 0. The Bertz CT molecular complexity index is 1940. The highest BCUT2D eigenvalue weighted by Gasteiger charge is 2.19. The highest BCUT2D eigenvalue weighted by atomic mass is 16.2. The molecule has 6 nitrogen and oxygen atoms in total. The number of anilines is 1. The maximum atomic E-state index is 13.9. The van der Waals surface area contributed by atoms with Crippen molar-refractivity contribution in [3.8, 4) is 5.69 Å². The van der Waals surface area contributed by atoms with Crippen LogP contribution in [0.2, 0.25) is 0 Å². The lowest BCUT2D eigenvalue weighted by atomic mass is 10.1. The summed E-state index contributed by atoms with van der Waals surface area (Å²) in [4.78, 5) is 34.4. The Balaban J connectivity index is 1.39. The molecule has 2 amide bonds. The molecule has 6 heteroatoms.